The summed E-state index contributed by atoms with van der Waals surface area (Å²) >= 11 is 7.75. The second-order valence-corrected chi connectivity index (χ2v) is 7.79. The van der Waals surface area contributed by atoms with Crippen LogP contribution in [0.5, 0.6) is 0 Å². The van der Waals surface area contributed by atoms with Gasteiger partial charge >= 0.3 is 0 Å². The Balaban J connectivity index is 1.62. The van der Waals surface area contributed by atoms with Crippen LogP contribution in [-0.4, -0.2) is 15.9 Å². The third kappa shape index (κ3) is 4.21. The van der Waals surface area contributed by atoms with Crippen molar-refractivity contribution in [1.82, 2.24) is 9.97 Å². The molecule has 0 unspecified atom stereocenters. The maximum atomic E-state index is 13.1. The topological polar surface area (TPSA) is 46.1 Å². The Kier molecular flexibility index (Phi) is 5.65. The molecule has 0 fully saturated rings. The number of rotatable bonds is 6. The number of carbonyl (C=O) groups is 1. The normalized spacial score (nSPS) is 10.9. The summed E-state index contributed by atoms with van der Waals surface area (Å²) in [6.45, 7) is 0.381. The molecular weight excluding hydrogens is 390 g/mol. The van der Waals surface area contributed by atoms with Crippen molar-refractivity contribution >= 4 is 44.2 Å². The number of benzene rings is 2. The molecule has 2 aromatic carbocycles. The van der Waals surface area contributed by atoms with E-state index in [0.29, 0.717) is 29.5 Å². The molecule has 0 aliphatic carbocycles. The van der Waals surface area contributed by atoms with Crippen molar-refractivity contribution < 1.29 is 4.79 Å². The molecule has 0 aliphatic heterocycles. The van der Waals surface area contributed by atoms with Crippen LogP contribution in [0.4, 0.5) is 5.13 Å². The lowest BCUT2D eigenvalue weighted by Crippen LogP contribution is -2.30. The molecule has 0 atom stereocenters. The highest BCUT2D eigenvalue weighted by molar-refractivity contribution is 7.22. The van der Waals surface area contributed by atoms with E-state index in [1.807, 2.05) is 66.7 Å². The second kappa shape index (κ2) is 8.50. The number of amides is 1. The van der Waals surface area contributed by atoms with Gasteiger partial charge in [0.25, 0.3) is 0 Å². The van der Waals surface area contributed by atoms with Crippen molar-refractivity contribution in [3.8, 4) is 0 Å². The van der Waals surface area contributed by atoms with Gasteiger partial charge in [-0.2, -0.15) is 0 Å². The maximum Gasteiger partial charge on any atom is 0.229 e. The molecule has 0 aliphatic rings. The Morgan fingerprint density at radius 2 is 1.82 bits per heavy atom. The van der Waals surface area contributed by atoms with Crippen molar-refractivity contribution in [3.63, 3.8) is 0 Å². The molecule has 6 heteroatoms. The number of thiazole rings is 1. The van der Waals surface area contributed by atoms with E-state index in [0.717, 1.165) is 21.5 Å². The number of hydrogen-bond donors (Lipinski definition) is 0. The molecule has 1 amide bonds. The first-order chi connectivity index (χ1) is 13.7. The molecule has 0 radical (unpaired) electrons. The fourth-order valence-corrected chi connectivity index (χ4v) is 4.25. The highest BCUT2D eigenvalue weighted by Crippen LogP contribution is 2.33. The predicted molar refractivity (Wildman–Crippen MR) is 115 cm³/mol. The van der Waals surface area contributed by atoms with Crippen molar-refractivity contribution in [2.75, 3.05) is 4.90 Å². The van der Waals surface area contributed by atoms with Crippen molar-refractivity contribution in [2.24, 2.45) is 0 Å². The number of nitrogens with zero attached hydrogens (tertiary/aromatic N) is 3. The zero-order valence-electron chi connectivity index (χ0n) is 15.1. The molecule has 2 heterocycles. The third-order valence-electron chi connectivity index (χ3n) is 4.41. The number of aromatic nitrogens is 2. The monoisotopic (exact) mass is 407 g/mol. The van der Waals surface area contributed by atoms with Crippen LogP contribution in [0, 0.1) is 0 Å². The molecule has 0 saturated heterocycles. The van der Waals surface area contributed by atoms with Gasteiger partial charge in [0.2, 0.25) is 5.91 Å². The lowest BCUT2D eigenvalue weighted by molar-refractivity contribution is -0.118. The summed E-state index contributed by atoms with van der Waals surface area (Å²) in [7, 11) is 0. The van der Waals surface area contributed by atoms with E-state index in [9.17, 15) is 4.79 Å². The van der Waals surface area contributed by atoms with E-state index < -0.39 is 0 Å². The number of halogens is 1. The summed E-state index contributed by atoms with van der Waals surface area (Å²) < 4.78 is 0.962. The largest absolute Gasteiger partial charge is 0.282 e. The summed E-state index contributed by atoms with van der Waals surface area (Å²) in [5.74, 6) is 0.0182. The predicted octanol–water partition coefficient (Wildman–Crippen LogP) is 5.51. The van der Waals surface area contributed by atoms with Gasteiger partial charge in [-0.15, -0.1) is 0 Å². The van der Waals surface area contributed by atoms with Gasteiger partial charge in [-0.1, -0.05) is 65.4 Å². The standard InChI is InChI=1S/C22H18ClN3OS/c23-18-10-6-11-19-21(18)25-22(28-19)26(15-17-9-4-5-14-24-17)20(27)13-12-16-7-2-1-3-8-16/h1-11,14H,12-13,15H2. The fraction of sp³-hybridized carbons (Fsp3) is 0.136. The number of pyridine rings is 1. The number of carbonyl (C=O) groups excluding carboxylic acids is 1. The van der Waals surface area contributed by atoms with Gasteiger partial charge < -0.3 is 0 Å². The van der Waals surface area contributed by atoms with Gasteiger partial charge in [0.1, 0.15) is 5.52 Å². The van der Waals surface area contributed by atoms with Crippen LogP contribution in [0.1, 0.15) is 17.7 Å². The van der Waals surface area contributed by atoms with Crippen LogP contribution in [0.15, 0.2) is 72.9 Å². The quantitative estimate of drug-likeness (QED) is 0.423. The number of anilines is 1. The minimum absolute atomic E-state index is 0.0182. The molecule has 0 bridgehead atoms. The first kappa shape index (κ1) is 18.6. The summed E-state index contributed by atoms with van der Waals surface area (Å²) in [6, 6.07) is 21.4. The highest BCUT2D eigenvalue weighted by atomic mass is 35.5. The Labute approximate surface area is 172 Å². The van der Waals surface area contributed by atoms with Gasteiger partial charge in [-0.05, 0) is 36.2 Å². The van der Waals surface area contributed by atoms with Crippen molar-refractivity contribution in [3.05, 3.63) is 89.2 Å². The van der Waals surface area contributed by atoms with E-state index >= 15 is 0 Å². The van der Waals surface area contributed by atoms with Crippen LogP contribution >= 0.6 is 22.9 Å². The summed E-state index contributed by atoms with van der Waals surface area (Å²) in [6.07, 6.45) is 2.82. The molecule has 4 rings (SSSR count). The molecule has 140 valence electrons. The zero-order valence-corrected chi connectivity index (χ0v) is 16.7. The van der Waals surface area contributed by atoms with Crippen LogP contribution in [0.2, 0.25) is 5.02 Å². The Morgan fingerprint density at radius 3 is 2.57 bits per heavy atom. The average Bonchev–Trinajstić information content (AvgIpc) is 3.17. The third-order valence-corrected chi connectivity index (χ3v) is 5.76. The zero-order chi connectivity index (χ0) is 19.3. The smallest absolute Gasteiger partial charge is 0.229 e. The summed E-state index contributed by atoms with van der Waals surface area (Å²) in [5.41, 5.74) is 2.69. The summed E-state index contributed by atoms with van der Waals surface area (Å²) in [5, 5.41) is 1.24. The fourth-order valence-electron chi connectivity index (χ4n) is 2.97. The van der Waals surface area contributed by atoms with Gasteiger partial charge in [0.15, 0.2) is 5.13 Å². The van der Waals surface area contributed by atoms with Crippen LogP contribution < -0.4 is 4.90 Å². The second-order valence-electron chi connectivity index (χ2n) is 6.37. The van der Waals surface area contributed by atoms with Gasteiger partial charge in [-0.3, -0.25) is 14.7 Å². The molecule has 2 aromatic heterocycles. The van der Waals surface area contributed by atoms with Crippen molar-refractivity contribution in [2.45, 2.75) is 19.4 Å². The molecular formula is C22H18ClN3OS. The highest BCUT2D eigenvalue weighted by Gasteiger charge is 2.21. The van der Waals surface area contributed by atoms with E-state index in [1.54, 1.807) is 11.1 Å². The molecule has 28 heavy (non-hydrogen) atoms. The molecule has 0 spiro atoms. The number of para-hydroxylation sites is 1. The molecule has 0 N–H and O–H groups in total. The Bertz CT molecular complexity index is 1080. The molecule has 4 aromatic rings. The van der Waals surface area contributed by atoms with E-state index in [4.69, 9.17) is 11.6 Å². The number of fused-ring (bicyclic) bond motifs is 1. The van der Waals surface area contributed by atoms with Gasteiger partial charge in [-0.25, -0.2) is 4.98 Å². The molecule has 4 nitrogen and oxygen atoms in total. The lowest BCUT2D eigenvalue weighted by atomic mass is 10.1. The van der Waals surface area contributed by atoms with Gasteiger partial charge in [0.05, 0.1) is 22.0 Å². The Hall–Kier alpha value is -2.76. The Morgan fingerprint density at radius 1 is 1.00 bits per heavy atom. The molecule has 0 saturated carbocycles. The van der Waals surface area contributed by atoms with Crippen LogP contribution in [0.25, 0.3) is 10.2 Å². The average molecular weight is 408 g/mol. The van der Waals surface area contributed by atoms with Gasteiger partial charge in [0, 0.05) is 12.6 Å². The lowest BCUT2D eigenvalue weighted by Gasteiger charge is -2.19. The van der Waals surface area contributed by atoms with Crippen LogP contribution in [-0.2, 0) is 17.8 Å². The van der Waals surface area contributed by atoms with E-state index in [2.05, 4.69) is 9.97 Å². The minimum Gasteiger partial charge on any atom is -0.282 e. The van der Waals surface area contributed by atoms with Crippen LogP contribution in [0.3, 0.4) is 0 Å². The SMILES string of the molecule is O=C(CCc1ccccc1)N(Cc1ccccn1)c1nc2c(Cl)cccc2s1. The number of aryl methyl sites for hydroxylation is 1. The first-order valence-electron chi connectivity index (χ1n) is 9.00. The number of hydrogen-bond acceptors (Lipinski definition) is 4. The van der Waals surface area contributed by atoms with Crippen molar-refractivity contribution in [1.29, 1.82) is 0 Å². The summed E-state index contributed by atoms with van der Waals surface area (Å²) in [4.78, 5) is 23.9. The minimum atomic E-state index is 0.0182. The van der Waals surface area contributed by atoms with E-state index in [-0.39, 0.29) is 5.91 Å². The first-order valence-corrected chi connectivity index (χ1v) is 10.2. The van der Waals surface area contributed by atoms with E-state index in [1.165, 1.54) is 11.3 Å². The maximum absolute atomic E-state index is 13.1.